The normalized spacial score (nSPS) is 12.7. The fraction of sp³-hybridized carbons (Fsp3) is 0.182. The van der Waals surface area contributed by atoms with Crippen LogP contribution in [0, 0.1) is 0 Å². The van der Waals surface area contributed by atoms with Crippen molar-refractivity contribution in [2.45, 2.75) is 13.0 Å². The Hall–Kier alpha value is -1.13. The zero-order chi connectivity index (χ0) is 10.8. The molecular formula is C11H10BrNO2. The Morgan fingerprint density at radius 3 is 2.53 bits per heavy atom. The molecule has 0 radical (unpaired) electrons. The molecule has 0 bridgehead atoms. The number of rotatable bonds is 2. The van der Waals surface area contributed by atoms with Crippen LogP contribution in [0.15, 0.2) is 39.4 Å². The van der Waals surface area contributed by atoms with Gasteiger partial charge in [-0.2, -0.15) is 0 Å². The van der Waals surface area contributed by atoms with E-state index >= 15 is 0 Å². The first-order valence-corrected chi connectivity index (χ1v) is 5.35. The molecule has 1 N–H and O–H groups in total. The lowest BCUT2D eigenvalue weighted by Crippen LogP contribution is -1.90. The maximum atomic E-state index is 9.30. The summed E-state index contributed by atoms with van der Waals surface area (Å²) in [6.45, 7) is 1.66. The summed E-state index contributed by atoms with van der Waals surface area (Å²) in [5.41, 5.74) is 1.44. The molecule has 0 aliphatic heterocycles. The standard InChI is InChI=1S/C11H10BrNO2/c1-7(14)10-6-15-11(13-10)8-2-4-9(12)5-3-8/h2-7,14H,1H3. The molecule has 2 rings (SSSR count). The zero-order valence-electron chi connectivity index (χ0n) is 8.14. The molecule has 0 fully saturated rings. The summed E-state index contributed by atoms with van der Waals surface area (Å²) in [5, 5.41) is 9.30. The molecule has 2 aromatic rings. The maximum Gasteiger partial charge on any atom is 0.226 e. The molecule has 15 heavy (non-hydrogen) atoms. The quantitative estimate of drug-likeness (QED) is 0.909. The molecule has 0 aliphatic rings. The van der Waals surface area contributed by atoms with E-state index in [4.69, 9.17) is 4.42 Å². The van der Waals surface area contributed by atoms with Crippen molar-refractivity contribution in [2.24, 2.45) is 0 Å². The van der Waals surface area contributed by atoms with E-state index in [-0.39, 0.29) is 0 Å². The first-order valence-electron chi connectivity index (χ1n) is 4.56. The number of hydrogen-bond acceptors (Lipinski definition) is 3. The third-order valence-corrected chi connectivity index (χ3v) is 2.57. The predicted octanol–water partition coefficient (Wildman–Crippen LogP) is 3.16. The molecule has 3 nitrogen and oxygen atoms in total. The van der Waals surface area contributed by atoms with Gasteiger partial charge >= 0.3 is 0 Å². The minimum atomic E-state index is -0.599. The summed E-state index contributed by atoms with van der Waals surface area (Å²) in [6.07, 6.45) is 0.875. The zero-order valence-corrected chi connectivity index (χ0v) is 9.73. The fourth-order valence-corrected chi connectivity index (χ4v) is 1.47. The van der Waals surface area contributed by atoms with Gasteiger partial charge in [-0.3, -0.25) is 0 Å². The molecule has 78 valence electrons. The molecule has 0 aliphatic carbocycles. The first-order chi connectivity index (χ1) is 7.16. The maximum absolute atomic E-state index is 9.30. The van der Waals surface area contributed by atoms with Crippen LogP contribution < -0.4 is 0 Å². The lowest BCUT2D eigenvalue weighted by atomic mass is 10.2. The van der Waals surface area contributed by atoms with E-state index < -0.39 is 6.10 Å². The lowest BCUT2D eigenvalue weighted by molar-refractivity contribution is 0.194. The van der Waals surface area contributed by atoms with Crippen molar-refractivity contribution in [3.8, 4) is 11.5 Å². The van der Waals surface area contributed by atoms with E-state index in [1.807, 2.05) is 24.3 Å². The number of oxazole rings is 1. The second-order valence-electron chi connectivity index (χ2n) is 3.26. The number of aliphatic hydroxyl groups is 1. The Bertz CT molecular complexity index is 448. The lowest BCUT2D eigenvalue weighted by Gasteiger charge is -1.96. The van der Waals surface area contributed by atoms with Gasteiger partial charge in [0, 0.05) is 10.0 Å². The second kappa shape index (κ2) is 4.16. The highest BCUT2D eigenvalue weighted by atomic mass is 79.9. The summed E-state index contributed by atoms with van der Waals surface area (Å²) < 4.78 is 6.27. The van der Waals surface area contributed by atoms with Crippen molar-refractivity contribution in [3.63, 3.8) is 0 Å². The van der Waals surface area contributed by atoms with E-state index in [0.29, 0.717) is 11.6 Å². The smallest absolute Gasteiger partial charge is 0.226 e. The van der Waals surface area contributed by atoms with Crippen LogP contribution in [0.3, 0.4) is 0 Å². The van der Waals surface area contributed by atoms with E-state index in [1.54, 1.807) is 6.92 Å². The highest BCUT2D eigenvalue weighted by Gasteiger charge is 2.09. The van der Waals surface area contributed by atoms with Crippen LogP contribution in [0.5, 0.6) is 0 Å². The minimum absolute atomic E-state index is 0.526. The van der Waals surface area contributed by atoms with Gasteiger partial charge in [-0.1, -0.05) is 15.9 Å². The molecule has 1 unspecified atom stereocenters. The highest BCUT2D eigenvalue weighted by Crippen LogP contribution is 2.22. The van der Waals surface area contributed by atoms with Gasteiger partial charge in [0.25, 0.3) is 0 Å². The van der Waals surface area contributed by atoms with Crippen molar-refractivity contribution < 1.29 is 9.52 Å². The first kappa shape index (κ1) is 10.4. The number of halogens is 1. The molecule has 1 heterocycles. The third kappa shape index (κ3) is 2.27. The summed E-state index contributed by atoms with van der Waals surface area (Å²) in [7, 11) is 0. The Morgan fingerprint density at radius 2 is 2.00 bits per heavy atom. The van der Waals surface area contributed by atoms with Crippen molar-refractivity contribution >= 4 is 15.9 Å². The van der Waals surface area contributed by atoms with Gasteiger partial charge in [-0.15, -0.1) is 0 Å². The van der Waals surface area contributed by atoms with Gasteiger partial charge in [0.15, 0.2) is 0 Å². The van der Waals surface area contributed by atoms with Crippen molar-refractivity contribution in [1.82, 2.24) is 4.98 Å². The number of aromatic nitrogens is 1. The van der Waals surface area contributed by atoms with Crippen molar-refractivity contribution in [3.05, 3.63) is 40.7 Å². The van der Waals surface area contributed by atoms with Crippen LogP contribution in [-0.4, -0.2) is 10.1 Å². The Balaban J connectivity index is 2.33. The Morgan fingerprint density at radius 1 is 1.33 bits per heavy atom. The monoisotopic (exact) mass is 267 g/mol. The second-order valence-corrected chi connectivity index (χ2v) is 4.18. The van der Waals surface area contributed by atoms with E-state index in [2.05, 4.69) is 20.9 Å². The summed E-state index contributed by atoms with van der Waals surface area (Å²) in [6, 6.07) is 7.65. The molecule has 1 aromatic heterocycles. The Labute approximate surface area is 95.9 Å². The van der Waals surface area contributed by atoms with Crippen LogP contribution in [0.25, 0.3) is 11.5 Å². The SMILES string of the molecule is CC(O)c1coc(-c2ccc(Br)cc2)n1. The van der Waals surface area contributed by atoms with Crippen molar-refractivity contribution in [2.75, 3.05) is 0 Å². The van der Waals surface area contributed by atoms with Crippen LogP contribution in [0.1, 0.15) is 18.7 Å². The average molecular weight is 268 g/mol. The fourth-order valence-electron chi connectivity index (χ4n) is 1.20. The molecule has 0 saturated carbocycles. The number of hydrogen-bond donors (Lipinski definition) is 1. The average Bonchev–Trinajstić information content (AvgIpc) is 2.68. The van der Waals surface area contributed by atoms with E-state index in [9.17, 15) is 5.11 Å². The topological polar surface area (TPSA) is 46.3 Å². The molecule has 0 spiro atoms. The number of nitrogens with zero attached hydrogens (tertiary/aromatic N) is 1. The van der Waals surface area contributed by atoms with Crippen LogP contribution >= 0.6 is 15.9 Å². The molecule has 4 heteroatoms. The van der Waals surface area contributed by atoms with Gasteiger partial charge in [0.1, 0.15) is 12.0 Å². The molecule has 0 amide bonds. The predicted molar refractivity (Wildman–Crippen MR) is 60.3 cm³/mol. The van der Waals surface area contributed by atoms with Gasteiger partial charge in [-0.05, 0) is 31.2 Å². The van der Waals surface area contributed by atoms with Gasteiger partial charge in [0.05, 0.1) is 6.10 Å². The summed E-state index contributed by atoms with van der Waals surface area (Å²) in [4.78, 5) is 4.18. The third-order valence-electron chi connectivity index (χ3n) is 2.04. The van der Waals surface area contributed by atoms with Gasteiger partial charge in [-0.25, -0.2) is 4.98 Å². The summed E-state index contributed by atoms with van der Waals surface area (Å²) >= 11 is 3.36. The van der Waals surface area contributed by atoms with E-state index in [1.165, 1.54) is 6.26 Å². The van der Waals surface area contributed by atoms with E-state index in [0.717, 1.165) is 10.0 Å². The molecular weight excluding hydrogens is 258 g/mol. The van der Waals surface area contributed by atoms with Gasteiger partial charge < -0.3 is 9.52 Å². The van der Waals surface area contributed by atoms with Crippen molar-refractivity contribution in [1.29, 1.82) is 0 Å². The largest absolute Gasteiger partial charge is 0.444 e. The van der Waals surface area contributed by atoms with Crippen LogP contribution in [0.4, 0.5) is 0 Å². The molecule has 1 atom stereocenters. The highest BCUT2D eigenvalue weighted by molar-refractivity contribution is 9.10. The Kier molecular flexibility index (Phi) is 2.88. The van der Waals surface area contributed by atoms with Crippen LogP contribution in [0.2, 0.25) is 0 Å². The van der Waals surface area contributed by atoms with Gasteiger partial charge in [0.2, 0.25) is 5.89 Å². The number of aliphatic hydroxyl groups excluding tert-OH is 1. The van der Waals surface area contributed by atoms with Crippen LogP contribution in [-0.2, 0) is 0 Å². The number of benzene rings is 1. The summed E-state index contributed by atoms with van der Waals surface area (Å²) in [5.74, 6) is 0.526. The molecule has 0 saturated heterocycles. The minimum Gasteiger partial charge on any atom is -0.444 e. The molecule has 1 aromatic carbocycles.